The highest BCUT2D eigenvalue weighted by atomic mass is 79.9. The van der Waals surface area contributed by atoms with E-state index in [0.717, 1.165) is 36.3 Å². The molecule has 0 spiro atoms. The molecule has 3 aromatic rings. The minimum atomic E-state index is -4.13. The van der Waals surface area contributed by atoms with Crippen molar-refractivity contribution in [2.75, 3.05) is 44.7 Å². The predicted molar refractivity (Wildman–Crippen MR) is 124 cm³/mol. The zero-order valence-corrected chi connectivity index (χ0v) is 20.2. The predicted octanol–water partition coefficient (Wildman–Crippen LogP) is 4.73. The van der Waals surface area contributed by atoms with Gasteiger partial charge in [-0.2, -0.15) is 0 Å². The number of likely N-dealkylation sites (N-methyl/N-ethyl adjacent to an activating group) is 1. The van der Waals surface area contributed by atoms with Crippen molar-refractivity contribution in [3.63, 3.8) is 0 Å². The van der Waals surface area contributed by atoms with E-state index in [2.05, 4.69) is 25.7 Å². The average molecular weight is 528 g/mol. The van der Waals surface area contributed by atoms with Gasteiger partial charge in [-0.15, -0.1) is 0 Å². The average Bonchev–Trinajstić information content (AvgIpc) is 3.14. The maximum absolute atomic E-state index is 13.6. The summed E-state index contributed by atoms with van der Waals surface area (Å²) in [5.74, 6) is 0.601. The fourth-order valence-corrected chi connectivity index (χ4v) is 5.65. The van der Waals surface area contributed by atoms with Crippen LogP contribution < -0.4 is 9.64 Å². The van der Waals surface area contributed by atoms with Crippen LogP contribution in [0.4, 0.5) is 14.5 Å². The molecule has 1 aliphatic heterocycles. The van der Waals surface area contributed by atoms with Gasteiger partial charge in [0.15, 0.2) is 0 Å². The molecule has 10 heteroatoms. The Kier molecular flexibility index (Phi) is 6.46. The molecule has 0 bridgehead atoms. The molecule has 0 N–H and O–H groups in total. The fraction of sp³-hybridized carbons (Fsp3) is 0.364. The first-order chi connectivity index (χ1) is 15.2. The zero-order chi connectivity index (χ0) is 23.0. The molecule has 0 saturated carbocycles. The summed E-state index contributed by atoms with van der Waals surface area (Å²) in [5, 5.41) is 0.206. The normalized spacial score (nSPS) is 15.6. The van der Waals surface area contributed by atoms with Crippen molar-refractivity contribution in [3.8, 4) is 5.75 Å². The standard InChI is InChI=1S/C22H24BrF2N3O3S/c1-3-31-21-7-5-16(13-20(21)27-10-8-26(2)9-11-27)32(29,30)28-14-18(22(24)25)17-6-4-15(23)12-19(17)28/h4-7,12-14,22H,3,8-11H2,1-2H3. The first-order valence-electron chi connectivity index (χ1n) is 10.3. The van der Waals surface area contributed by atoms with E-state index in [0.29, 0.717) is 22.5 Å². The van der Waals surface area contributed by atoms with Crippen LogP contribution in [-0.2, 0) is 10.0 Å². The van der Waals surface area contributed by atoms with Gasteiger partial charge in [-0.1, -0.05) is 22.0 Å². The van der Waals surface area contributed by atoms with Crippen LogP contribution >= 0.6 is 15.9 Å². The number of anilines is 1. The van der Waals surface area contributed by atoms with Crippen LogP contribution in [0.25, 0.3) is 10.9 Å². The minimum Gasteiger partial charge on any atom is -0.492 e. The van der Waals surface area contributed by atoms with Crippen molar-refractivity contribution in [1.82, 2.24) is 8.87 Å². The van der Waals surface area contributed by atoms with Crippen LogP contribution in [0.5, 0.6) is 5.75 Å². The first kappa shape index (κ1) is 23.0. The monoisotopic (exact) mass is 527 g/mol. The van der Waals surface area contributed by atoms with Crippen molar-refractivity contribution in [3.05, 3.63) is 52.6 Å². The minimum absolute atomic E-state index is 0.0209. The van der Waals surface area contributed by atoms with Crippen molar-refractivity contribution in [2.45, 2.75) is 18.2 Å². The van der Waals surface area contributed by atoms with Gasteiger partial charge in [-0.25, -0.2) is 21.2 Å². The van der Waals surface area contributed by atoms with Crippen LogP contribution in [0, 0.1) is 0 Å². The molecule has 0 radical (unpaired) electrons. The smallest absolute Gasteiger partial charge is 0.268 e. The lowest BCUT2D eigenvalue weighted by Crippen LogP contribution is -2.44. The van der Waals surface area contributed by atoms with Crippen LogP contribution in [0.2, 0.25) is 0 Å². The van der Waals surface area contributed by atoms with E-state index in [9.17, 15) is 17.2 Å². The third kappa shape index (κ3) is 4.23. The maximum atomic E-state index is 13.6. The molecule has 4 rings (SSSR count). The lowest BCUT2D eigenvalue weighted by Gasteiger charge is -2.35. The topological polar surface area (TPSA) is 54.8 Å². The first-order valence-corrected chi connectivity index (χ1v) is 12.5. The molecule has 1 saturated heterocycles. The lowest BCUT2D eigenvalue weighted by atomic mass is 10.2. The molecule has 0 unspecified atom stereocenters. The number of aromatic nitrogens is 1. The van der Waals surface area contributed by atoms with Gasteiger partial charge in [0, 0.05) is 47.8 Å². The number of piperazine rings is 1. The van der Waals surface area contributed by atoms with Gasteiger partial charge in [0.1, 0.15) is 5.75 Å². The highest BCUT2D eigenvalue weighted by Gasteiger charge is 2.27. The van der Waals surface area contributed by atoms with Crippen molar-refractivity contribution < 1.29 is 21.9 Å². The molecule has 2 heterocycles. The Bertz CT molecular complexity index is 1240. The van der Waals surface area contributed by atoms with Gasteiger partial charge < -0.3 is 14.5 Å². The second-order valence-electron chi connectivity index (χ2n) is 7.70. The van der Waals surface area contributed by atoms with Crippen molar-refractivity contribution in [1.29, 1.82) is 0 Å². The SMILES string of the molecule is CCOc1ccc(S(=O)(=O)n2cc(C(F)F)c3ccc(Br)cc32)cc1N1CCN(C)CC1. The third-order valence-electron chi connectivity index (χ3n) is 5.63. The largest absolute Gasteiger partial charge is 0.492 e. The van der Waals surface area contributed by atoms with Gasteiger partial charge >= 0.3 is 0 Å². The van der Waals surface area contributed by atoms with E-state index >= 15 is 0 Å². The number of hydrogen-bond donors (Lipinski definition) is 0. The van der Waals surface area contributed by atoms with E-state index < -0.39 is 16.4 Å². The molecule has 1 fully saturated rings. The number of halogens is 3. The van der Waals surface area contributed by atoms with Gasteiger partial charge in [-0.3, -0.25) is 0 Å². The van der Waals surface area contributed by atoms with Gasteiger partial charge in [-0.05, 0) is 44.3 Å². The summed E-state index contributed by atoms with van der Waals surface area (Å²) in [6.45, 7) is 5.46. The fourth-order valence-electron chi connectivity index (χ4n) is 3.91. The van der Waals surface area contributed by atoms with Gasteiger partial charge in [0.25, 0.3) is 16.4 Å². The van der Waals surface area contributed by atoms with E-state index in [1.807, 2.05) is 14.0 Å². The molecule has 2 aromatic carbocycles. The Morgan fingerprint density at radius 1 is 1.09 bits per heavy atom. The van der Waals surface area contributed by atoms with Crippen molar-refractivity contribution in [2.24, 2.45) is 0 Å². The van der Waals surface area contributed by atoms with Crippen LogP contribution in [0.1, 0.15) is 18.9 Å². The Hall–Kier alpha value is -2.17. The van der Waals surface area contributed by atoms with Crippen LogP contribution in [0.3, 0.4) is 0 Å². The molecule has 32 heavy (non-hydrogen) atoms. The lowest BCUT2D eigenvalue weighted by molar-refractivity contribution is 0.153. The van der Waals surface area contributed by atoms with Crippen LogP contribution in [-0.4, -0.2) is 57.1 Å². The highest BCUT2D eigenvalue weighted by Crippen LogP contribution is 2.36. The summed E-state index contributed by atoms with van der Waals surface area (Å²) >= 11 is 3.31. The molecule has 0 atom stereocenters. The summed E-state index contributed by atoms with van der Waals surface area (Å²) in [6, 6.07) is 9.34. The summed E-state index contributed by atoms with van der Waals surface area (Å²) in [6.07, 6.45) is -1.78. The Balaban J connectivity index is 1.84. The third-order valence-corrected chi connectivity index (χ3v) is 7.79. The molecule has 1 aliphatic rings. The second kappa shape index (κ2) is 8.99. The van der Waals surface area contributed by atoms with E-state index in [4.69, 9.17) is 4.74 Å². The van der Waals surface area contributed by atoms with E-state index in [-0.39, 0.29) is 21.4 Å². The molecular weight excluding hydrogens is 504 g/mol. The molecular formula is C22H24BrF2N3O3S. The number of ether oxygens (including phenoxy) is 1. The molecule has 0 amide bonds. The number of rotatable bonds is 6. The number of nitrogens with zero attached hydrogens (tertiary/aromatic N) is 3. The van der Waals surface area contributed by atoms with E-state index in [1.165, 1.54) is 18.2 Å². The Morgan fingerprint density at radius 3 is 2.47 bits per heavy atom. The second-order valence-corrected chi connectivity index (χ2v) is 10.4. The maximum Gasteiger partial charge on any atom is 0.268 e. The van der Waals surface area contributed by atoms with Gasteiger partial charge in [0.2, 0.25) is 0 Å². The van der Waals surface area contributed by atoms with Gasteiger partial charge in [0.05, 0.1) is 22.7 Å². The summed E-state index contributed by atoms with van der Waals surface area (Å²) in [7, 11) is -2.09. The van der Waals surface area contributed by atoms with E-state index in [1.54, 1.807) is 18.2 Å². The number of fused-ring (bicyclic) bond motifs is 1. The number of hydrogen-bond acceptors (Lipinski definition) is 5. The number of alkyl halides is 2. The highest BCUT2D eigenvalue weighted by molar-refractivity contribution is 9.10. The zero-order valence-electron chi connectivity index (χ0n) is 17.8. The summed E-state index contributed by atoms with van der Waals surface area (Å²) in [5.41, 5.74) is 0.568. The Labute approximate surface area is 194 Å². The number of benzene rings is 2. The molecule has 172 valence electrons. The van der Waals surface area contributed by atoms with Crippen LogP contribution in [0.15, 0.2) is 52.0 Å². The molecule has 1 aromatic heterocycles. The molecule has 6 nitrogen and oxygen atoms in total. The quantitative estimate of drug-likeness (QED) is 0.463. The summed E-state index contributed by atoms with van der Waals surface area (Å²) in [4.78, 5) is 4.32. The Morgan fingerprint density at radius 2 is 1.81 bits per heavy atom. The van der Waals surface area contributed by atoms with Crippen molar-refractivity contribution >= 4 is 42.5 Å². The molecule has 0 aliphatic carbocycles. The summed E-state index contributed by atoms with van der Waals surface area (Å²) < 4.78 is 61.7.